The van der Waals surface area contributed by atoms with Gasteiger partial charge in [-0.15, -0.1) is 0 Å². The molecule has 0 amide bonds. The van der Waals surface area contributed by atoms with Crippen LogP contribution in [-0.4, -0.2) is 28.9 Å². The number of carboxylic acids is 1. The second-order valence-electron chi connectivity index (χ2n) is 7.04. The molecule has 0 saturated carbocycles. The molecule has 1 aromatic heterocycles. The number of thiazole rings is 1. The minimum absolute atomic E-state index is 0.0431. The molecular formula is C25H20ClN3O3S. The van der Waals surface area contributed by atoms with Gasteiger partial charge in [-0.2, -0.15) is 0 Å². The van der Waals surface area contributed by atoms with Gasteiger partial charge in [-0.3, -0.25) is 0 Å². The average molecular weight is 478 g/mol. The van der Waals surface area contributed by atoms with Crippen LogP contribution in [0.2, 0.25) is 4.34 Å². The fraction of sp³-hybridized carbons (Fsp3) is 0.0800. The molecule has 0 radical (unpaired) electrons. The lowest BCUT2D eigenvalue weighted by molar-refractivity contribution is -0.129. The van der Waals surface area contributed by atoms with Crippen LogP contribution in [0.4, 0.5) is 5.13 Å². The van der Waals surface area contributed by atoms with Crippen molar-refractivity contribution in [3.63, 3.8) is 0 Å². The van der Waals surface area contributed by atoms with E-state index in [9.17, 15) is 9.90 Å². The van der Waals surface area contributed by atoms with Crippen molar-refractivity contribution in [1.29, 1.82) is 0 Å². The van der Waals surface area contributed by atoms with E-state index in [4.69, 9.17) is 11.6 Å². The van der Waals surface area contributed by atoms with Crippen molar-refractivity contribution in [2.24, 2.45) is 5.16 Å². The molecule has 1 heterocycles. The number of benzene rings is 3. The van der Waals surface area contributed by atoms with Crippen LogP contribution in [0.25, 0.3) is 0 Å². The molecule has 33 heavy (non-hydrogen) atoms. The van der Waals surface area contributed by atoms with Gasteiger partial charge in [0.15, 0.2) is 5.13 Å². The molecule has 0 unspecified atom stereocenters. The fourth-order valence-corrected chi connectivity index (χ4v) is 4.82. The standard InChI is InChI=1S/C25H20ClN3O3S/c1-32-29-21(23(30)31)20-22(26)33-24(27-20)28-25(17-11-5-2-6-12-17,18-13-7-3-8-14-18)19-15-9-4-10-16-19/h2-16H,1H3,(H,27,28)(H,30,31). The maximum atomic E-state index is 11.7. The number of hydrogen-bond acceptors (Lipinski definition) is 6. The lowest BCUT2D eigenvalue weighted by Crippen LogP contribution is -2.38. The molecule has 3 aromatic carbocycles. The lowest BCUT2D eigenvalue weighted by Gasteiger charge is -2.36. The average Bonchev–Trinajstić information content (AvgIpc) is 3.21. The van der Waals surface area contributed by atoms with Gasteiger partial charge in [-0.1, -0.05) is 119 Å². The van der Waals surface area contributed by atoms with Gasteiger partial charge in [0, 0.05) is 0 Å². The molecule has 6 nitrogen and oxygen atoms in total. The van der Waals surface area contributed by atoms with E-state index < -0.39 is 11.5 Å². The molecule has 4 aromatic rings. The van der Waals surface area contributed by atoms with Gasteiger partial charge in [0.25, 0.3) is 0 Å². The van der Waals surface area contributed by atoms with Crippen LogP contribution in [-0.2, 0) is 15.2 Å². The third-order valence-corrected chi connectivity index (χ3v) is 6.28. The third kappa shape index (κ3) is 4.46. The number of rotatable bonds is 8. The Morgan fingerprint density at radius 1 is 0.939 bits per heavy atom. The predicted molar refractivity (Wildman–Crippen MR) is 131 cm³/mol. The van der Waals surface area contributed by atoms with Crippen LogP contribution in [0, 0.1) is 0 Å². The number of oxime groups is 1. The number of nitrogens with zero attached hydrogens (tertiary/aromatic N) is 2. The molecule has 0 atom stereocenters. The summed E-state index contributed by atoms with van der Waals surface area (Å²) in [6.07, 6.45) is 0. The van der Waals surface area contributed by atoms with E-state index in [1.165, 1.54) is 7.11 Å². The van der Waals surface area contributed by atoms with E-state index in [0.29, 0.717) is 5.13 Å². The number of aromatic nitrogens is 1. The maximum Gasteiger partial charge on any atom is 0.360 e. The van der Waals surface area contributed by atoms with Gasteiger partial charge < -0.3 is 15.3 Å². The maximum absolute atomic E-state index is 11.7. The van der Waals surface area contributed by atoms with Gasteiger partial charge in [0.1, 0.15) is 22.7 Å². The summed E-state index contributed by atoms with van der Waals surface area (Å²) in [5, 5.41) is 17.1. The van der Waals surface area contributed by atoms with Crippen molar-refractivity contribution in [3.05, 3.63) is 118 Å². The second kappa shape index (κ2) is 9.85. The first-order valence-electron chi connectivity index (χ1n) is 10.0. The van der Waals surface area contributed by atoms with E-state index in [0.717, 1.165) is 28.0 Å². The summed E-state index contributed by atoms with van der Waals surface area (Å²) in [6, 6.07) is 30.0. The highest BCUT2D eigenvalue weighted by Crippen LogP contribution is 2.42. The number of halogens is 1. The molecule has 0 fully saturated rings. The molecule has 8 heteroatoms. The van der Waals surface area contributed by atoms with Crippen molar-refractivity contribution in [1.82, 2.24) is 4.98 Å². The molecule has 0 aliphatic carbocycles. The Hall–Kier alpha value is -3.68. The van der Waals surface area contributed by atoms with Gasteiger partial charge in [-0.25, -0.2) is 9.78 Å². The first kappa shape index (κ1) is 22.5. The van der Waals surface area contributed by atoms with Gasteiger partial charge >= 0.3 is 5.97 Å². The topological polar surface area (TPSA) is 83.8 Å². The van der Waals surface area contributed by atoms with Crippen molar-refractivity contribution >= 4 is 39.8 Å². The van der Waals surface area contributed by atoms with Crippen molar-refractivity contribution < 1.29 is 14.7 Å². The highest BCUT2D eigenvalue weighted by atomic mass is 35.5. The van der Waals surface area contributed by atoms with Crippen molar-refractivity contribution in [2.45, 2.75) is 5.54 Å². The summed E-state index contributed by atoms with van der Waals surface area (Å²) in [4.78, 5) is 20.9. The lowest BCUT2D eigenvalue weighted by atomic mass is 9.77. The molecule has 2 N–H and O–H groups in total. The molecule has 0 spiro atoms. The molecule has 0 aliphatic rings. The Bertz CT molecular complexity index is 1170. The van der Waals surface area contributed by atoms with E-state index in [1.807, 2.05) is 91.0 Å². The summed E-state index contributed by atoms with van der Waals surface area (Å²) in [7, 11) is 1.27. The number of hydrogen-bond donors (Lipinski definition) is 2. The quantitative estimate of drug-likeness (QED) is 0.195. The Kier molecular flexibility index (Phi) is 6.72. The summed E-state index contributed by atoms with van der Waals surface area (Å²) in [5.74, 6) is -1.28. The number of nitrogens with one attached hydrogen (secondary N) is 1. The van der Waals surface area contributed by atoms with Crippen LogP contribution in [0.1, 0.15) is 22.4 Å². The molecule has 166 valence electrons. The molecule has 0 saturated heterocycles. The Labute approximate surface area is 200 Å². The summed E-state index contributed by atoms with van der Waals surface area (Å²) in [5.41, 5.74) is 1.82. The Balaban J connectivity index is 1.93. The van der Waals surface area contributed by atoms with Crippen LogP contribution in [0.5, 0.6) is 0 Å². The van der Waals surface area contributed by atoms with Crippen molar-refractivity contribution in [2.75, 3.05) is 12.4 Å². The molecule has 0 bridgehead atoms. The smallest absolute Gasteiger partial charge is 0.360 e. The zero-order chi connectivity index (χ0) is 23.3. The Morgan fingerprint density at radius 2 is 1.39 bits per heavy atom. The first-order chi connectivity index (χ1) is 16.1. The van der Waals surface area contributed by atoms with Gasteiger partial charge in [0.05, 0.1) is 0 Å². The second-order valence-corrected chi connectivity index (χ2v) is 8.64. The molecule has 4 rings (SSSR count). The van der Waals surface area contributed by atoms with E-state index in [-0.39, 0.29) is 15.7 Å². The predicted octanol–water partition coefficient (Wildman–Crippen LogP) is 5.64. The van der Waals surface area contributed by atoms with E-state index >= 15 is 0 Å². The highest BCUT2D eigenvalue weighted by Gasteiger charge is 2.37. The number of carboxylic acid groups (broad SMARTS) is 1. The monoisotopic (exact) mass is 477 g/mol. The van der Waals surface area contributed by atoms with E-state index in [1.54, 1.807) is 0 Å². The number of aliphatic carboxylic acids is 1. The minimum atomic E-state index is -1.28. The fourth-order valence-electron chi connectivity index (χ4n) is 3.72. The highest BCUT2D eigenvalue weighted by molar-refractivity contribution is 7.20. The normalized spacial score (nSPS) is 11.8. The number of anilines is 1. The zero-order valence-corrected chi connectivity index (χ0v) is 19.2. The third-order valence-electron chi connectivity index (χ3n) is 5.11. The Morgan fingerprint density at radius 3 is 1.79 bits per heavy atom. The summed E-state index contributed by atoms with van der Waals surface area (Å²) < 4.78 is 0.193. The van der Waals surface area contributed by atoms with Crippen molar-refractivity contribution in [3.8, 4) is 0 Å². The van der Waals surface area contributed by atoms with Crippen LogP contribution in [0.3, 0.4) is 0 Å². The molecular weight excluding hydrogens is 458 g/mol. The van der Waals surface area contributed by atoms with E-state index in [2.05, 4.69) is 20.3 Å². The largest absolute Gasteiger partial charge is 0.476 e. The SMILES string of the molecule is CON=C(C(=O)O)c1nc(NC(c2ccccc2)(c2ccccc2)c2ccccc2)sc1Cl. The molecule has 0 aliphatic heterocycles. The minimum Gasteiger partial charge on any atom is -0.476 e. The van der Waals surface area contributed by atoms with Gasteiger partial charge in [0.2, 0.25) is 5.71 Å². The van der Waals surface area contributed by atoms with Crippen LogP contribution < -0.4 is 5.32 Å². The summed E-state index contributed by atoms with van der Waals surface area (Å²) in [6.45, 7) is 0. The number of carbonyl (C=O) groups is 1. The van der Waals surface area contributed by atoms with Crippen LogP contribution in [0.15, 0.2) is 96.2 Å². The first-order valence-corrected chi connectivity index (χ1v) is 11.2. The van der Waals surface area contributed by atoms with Crippen LogP contribution >= 0.6 is 22.9 Å². The zero-order valence-electron chi connectivity index (χ0n) is 17.6. The summed E-state index contributed by atoms with van der Waals surface area (Å²) >= 11 is 7.54. The van der Waals surface area contributed by atoms with Gasteiger partial charge in [-0.05, 0) is 16.7 Å².